The molecule has 4 aromatic heterocycles. The van der Waals surface area contributed by atoms with Gasteiger partial charge in [-0.3, -0.25) is 0 Å². The van der Waals surface area contributed by atoms with Crippen molar-refractivity contribution in [3.63, 3.8) is 0 Å². The molecule has 0 saturated heterocycles. The first-order valence-corrected chi connectivity index (χ1v) is 27.1. The number of nitrogens with zero attached hydrogens (tertiary/aromatic N) is 5. The Kier molecular flexibility index (Phi) is 12.0. The number of imidazole rings is 1. The molecule has 9 heteroatoms. The molecule has 0 spiro atoms. The molecule has 0 aliphatic carbocycles. The van der Waals surface area contributed by atoms with Crippen LogP contribution in [-0.4, -0.2) is 32.8 Å². The van der Waals surface area contributed by atoms with Crippen LogP contribution in [0.1, 0.15) is 85.4 Å². The molecule has 8 rings (SSSR count). The minimum atomic E-state index is -2.05. The maximum absolute atomic E-state index is 13.7. The number of rotatable bonds is 7. The predicted octanol–water partition coefficient (Wildman–Crippen LogP) is 12.7. The first kappa shape index (κ1) is 40.8. The van der Waals surface area contributed by atoms with Crippen LogP contribution in [0.2, 0.25) is 17.3 Å². The summed E-state index contributed by atoms with van der Waals surface area (Å²) in [6.45, 7) is 14.7. The largest absolute Gasteiger partial charge is 0.486 e. The third kappa shape index (κ3) is 9.29. The Balaban J connectivity index is 0.000000202. The Labute approximate surface area is 366 Å². The first-order valence-electron chi connectivity index (χ1n) is 20.7. The number of pyridine rings is 2. The van der Waals surface area contributed by atoms with Crippen LogP contribution in [0.15, 0.2) is 102 Å². The molecule has 0 aliphatic heterocycles. The Bertz CT molecular complexity index is 2890. The molecular weight excluding hydrogens is 970 g/mol. The van der Waals surface area contributed by atoms with Crippen molar-refractivity contribution in [2.45, 2.75) is 83.9 Å². The normalized spacial score (nSPS) is 12.6. The van der Waals surface area contributed by atoms with Crippen LogP contribution in [0.4, 0.5) is 4.39 Å². The number of aromatic nitrogens is 4. The predicted molar refractivity (Wildman–Crippen MR) is 238 cm³/mol. The van der Waals surface area contributed by atoms with E-state index in [4.69, 9.17) is 17.4 Å². The maximum atomic E-state index is 13.7. The summed E-state index contributed by atoms with van der Waals surface area (Å²) in [5, 5.41) is 10.7. The van der Waals surface area contributed by atoms with Gasteiger partial charge < -0.3 is 9.40 Å². The quantitative estimate of drug-likeness (QED) is 0.117. The zero-order valence-corrected chi connectivity index (χ0v) is 39.7. The smallest absolute Gasteiger partial charge is 0.217 e. The van der Waals surface area contributed by atoms with Crippen molar-refractivity contribution in [2.75, 3.05) is 0 Å². The molecule has 0 atom stereocenters. The van der Waals surface area contributed by atoms with Crippen molar-refractivity contribution >= 4 is 50.8 Å². The van der Waals surface area contributed by atoms with E-state index in [-0.39, 0.29) is 31.6 Å². The summed E-state index contributed by atoms with van der Waals surface area (Å²) in [5.41, 5.74) is 9.14. The van der Waals surface area contributed by atoms with Gasteiger partial charge in [0.1, 0.15) is 11.8 Å². The van der Waals surface area contributed by atoms with Gasteiger partial charge in [0.05, 0.1) is 5.58 Å². The molecule has 0 fully saturated rings. The fraction of sp³-hybridized carbons (Fsp3) is 0.280. The topological polar surface area (TPSA) is 80.5 Å². The molecule has 59 heavy (non-hydrogen) atoms. The van der Waals surface area contributed by atoms with Crippen LogP contribution in [0, 0.1) is 34.7 Å². The summed E-state index contributed by atoms with van der Waals surface area (Å²) in [6.07, 6.45) is 0.0747. The number of hydrogen-bond acceptors (Lipinski definition) is 5. The van der Waals surface area contributed by atoms with E-state index < -0.39 is 25.1 Å². The van der Waals surface area contributed by atoms with E-state index in [1.807, 2.05) is 51.1 Å². The van der Waals surface area contributed by atoms with Crippen LogP contribution in [0.3, 0.4) is 0 Å². The van der Waals surface area contributed by atoms with Gasteiger partial charge >= 0.3 is 194 Å². The monoisotopic (exact) mass is 1020 g/mol. The number of nitriles is 1. The molecule has 6 nitrogen and oxygen atoms in total. The SMILES string of the molecule is CC(C)c1c[c]([Ge]([CH3])([CH3])[CH3])cc(C(C)C)c1-n1c(-c2[c-]cc(F)cc2)nc2ccccc21.[2H]C([2H])(c1ccnc(-c2[c-]ccc3c2oc2nc(C#N)ccc23)c1)C(C)(C)C.[Ir]. The van der Waals surface area contributed by atoms with Crippen molar-refractivity contribution in [3.8, 4) is 34.4 Å². The Hall–Kier alpha value is -4.94. The van der Waals surface area contributed by atoms with E-state index in [0.717, 1.165) is 33.2 Å². The molecule has 0 bridgehead atoms. The zero-order chi connectivity index (χ0) is 43.3. The van der Waals surface area contributed by atoms with Crippen LogP contribution in [-0.2, 0) is 26.5 Å². The summed E-state index contributed by atoms with van der Waals surface area (Å²) in [6, 6.07) is 36.7. The molecule has 0 saturated carbocycles. The number of benzene rings is 4. The molecular formula is C50H50FGeIrN5O-2. The fourth-order valence-electron chi connectivity index (χ4n) is 7.18. The Morgan fingerprint density at radius 2 is 1.61 bits per heavy atom. The number of para-hydroxylation sites is 2. The van der Waals surface area contributed by atoms with Gasteiger partial charge in [0.25, 0.3) is 0 Å². The minimum Gasteiger partial charge on any atom is -0.486 e. The van der Waals surface area contributed by atoms with Crippen molar-refractivity contribution in [2.24, 2.45) is 5.41 Å². The summed E-state index contributed by atoms with van der Waals surface area (Å²) >= 11 is -2.05. The average Bonchev–Trinajstić information content (AvgIpc) is 3.78. The second kappa shape index (κ2) is 17.3. The van der Waals surface area contributed by atoms with Crippen molar-refractivity contribution in [3.05, 3.63) is 138 Å². The van der Waals surface area contributed by atoms with E-state index in [1.165, 1.54) is 33.3 Å². The fourth-order valence-corrected chi connectivity index (χ4v) is 9.65. The maximum Gasteiger partial charge on any atom is 0.217 e. The van der Waals surface area contributed by atoms with Crippen molar-refractivity contribution in [1.82, 2.24) is 19.5 Å². The minimum absolute atomic E-state index is 0. The molecule has 4 heterocycles. The first-order chi connectivity index (χ1) is 28.3. The van der Waals surface area contributed by atoms with Gasteiger partial charge in [0, 0.05) is 34.4 Å². The van der Waals surface area contributed by atoms with Crippen LogP contribution < -0.4 is 4.40 Å². The van der Waals surface area contributed by atoms with Crippen molar-refractivity contribution < 1.29 is 31.7 Å². The third-order valence-corrected chi connectivity index (χ3v) is 14.3. The second-order valence-corrected chi connectivity index (χ2v) is 28.1. The molecule has 0 aliphatic rings. The van der Waals surface area contributed by atoms with E-state index in [2.05, 4.69) is 95.9 Å². The van der Waals surface area contributed by atoms with Crippen LogP contribution >= 0.6 is 0 Å². The van der Waals surface area contributed by atoms with Gasteiger partial charge in [-0.1, -0.05) is 43.4 Å². The number of fused-ring (bicyclic) bond motifs is 4. The van der Waals surface area contributed by atoms with Gasteiger partial charge in [-0.15, -0.1) is 18.2 Å². The Morgan fingerprint density at radius 1 is 0.898 bits per heavy atom. The number of furan rings is 1. The van der Waals surface area contributed by atoms with Gasteiger partial charge in [-0.2, -0.15) is 5.26 Å². The second-order valence-electron chi connectivity index (χ2n) is 17.4. The summed E-state index contributed by atoms with van der Waals surface area (Å²) < 4.78 is 40.5. The summed E-state index contributed by atoms with van der Waals surface area (Å²) in [5.74, 6) is 8.60. The van der Waals surface area contributed by atoms with Gasteiger partial charge in [-0.05, 0) is 35.7 Å². The van der Waals surface area contributed by atoms with E-state index >= 15 is 0 Å². The van der Waals surface area contributed by atoms with E-state index in [0.29, 0.717) is 40.0 Å². The Morgan fingerprint density at radius 3 is 2.24 bits per heavy atom. The van der Waals surface area contributed by atoms with Gasteiger partial charge in [0.15, 0.2) is 0 Å². The molecule has 0 unspecified atom stereocenters. The van der Waals surface area contributed by atoms with Crippen LogP contribution in [0.25, 0.3) is 61.4 Å². The zero-order valence-electron chi connectivity index (χ0n) is 37.2. The average molecular weight is 1020 g/mol. The third-order valence-electron chi connectivity index (χ3n) is 10.0. The molecule has 4 aromatic carbocycles. The molecule has 303 valence electrons. The van der Waals surface area contributed by atoms with Gasteiger partial charge in [-0.25, -0.2) is 4.98 Å². The number of halogens is 1. The molecule has 0 N–H and O–H groups in total. The van der Waals surface area contributed by atoms with E-state index in [9.17, 15) is 4.39 Å². The summed E-state index contributed by atoms with van der Waals surface area (Å²) in [4.78, 5) is 13.6. The molecule has 8 aromatic rings. The van der Waals surface area contributed by atoms with Crippen LogP contribution in [0.5, 0.6) is 0 Å². The van der Waals surface area contributed by atoms with Crippen molar-refractivity contribution in [1.29, 1.82) is 5.26 Å². The number of hydrogen-bond donors (Lipinski definition) is 0. The molecule has 0 amide bonds. The standard InChI is InChI=1S/C28H32FGeN2.C22H18N3O.Ir/c1-18(2)23-16-22(30(5,6)7)17-24(19(3)4)27(23)32-26-11-9-8-10-25(26)31-28(32)20-12-14-21(29)15-13-20;1-22(2,3)12-14-9-10-24-19(11-14)18-6-4-5-16-17-8-7-15(13-23)25-21(17)26-20(16)18;/h8-12,14-19H,1-7H3;4-5,7-11H,12H2,1-3H3;/q2*-1;/i;12D2;. The van der Waals surface area contributed by atoms with Gasteiger partial charge in [0.2, 0.25) is 5.71 Å². The molecule has 1 radical (unpaired) electrons. The summed E-state index contributed by atoms with van der Waals surface area (Å²) in [7, 11) is 0. The van der Waals surface area contributed by atoms with E-state index in [1.54, 1.807) is 36.5 Å².